The Morgan fingerprint density at radius 2 is 2.06 bits per heavy atom. The van der Waals surface area contributed by atoms with Crippen molar-refractivity contribution in [2.45, 2.75) is 58.5 Å². The molecule has 4 nitrogen and oxygen atoms in total. The van der Waals surface area contributed by atoms with E-state index in [2.05, 4.69) is 22.4 Å². The Morgan fingerprint density at radius 1 is 1.31 bits per heavy atom. The van der Waals surface area contributed by atoms with Crippen molar-refractivity contribution >= 4 is 0 Å². The number of aromatic nitrogens is 2. The highest BCUT2D eigenvalue weighted by Gasteiger charge is 2.19. The molecule has 0 aliphatic heterocycles. The first-order valence-corrected chi connectivity index (χ1v) is 6.30. The van der Waals surface area contributed by atoms with Crippen LogP contribution < -0.4 is 5.32 Å². The van der Waals surface area contributed by atoms with Crippen LogP contribution in [0.4, 0.5) is 0 Å². The second-order valence-corrected chi connectivity index (χ2v) is 4.74. The summed E-state index contributed by atoms with van der Waals surface area (Å²) in [5, 5.41) is 7.28. The van der Waals surface area contributed by atoms with Crippen LogP contribution >= 0.6 is 0 Å². The van der Waals surface area contributed by atoms with E-state index in [9.17, 15) is 0 Å². The van der Waals surface area contributed by atoms with Crippen molar-refractivity contribution in [3.05, 3.63) is 11.7 Å². The number of hydrogen-bond acceptors (Lipinski definition) is 4. The van der Waals surface area contributed by atoms with Gasteiger partial charge in [-0.2, -0.15) is 4.98 Å². The van der Waals surface area contributed by atoms with Crippen LogP contribution in [0.2, 0.25) is 0 Å². The molecule has 2 rings (SSSR count). The molecule has 1 fully saturated rings. The quantitative estimate of drug-likeness (QED) is 0.851. The third kappa shape index (κ3) is 3.04. The summed E-state index contributed by atoms with van der Waals surface area (Å²) in [6, 6.07) is 0.634. The lowest BCUT2D eigenvalue weighted by Crippen LogP contribution is -2.32. The van der Waals surface area contributed by atoms with E-state index in [-0.39, 0.29) is 0 Å². The molecule has 0 saturated heterocycles. The van der Waals surface area contributed by atoms with Crippen LogP contribution in [0.1, 0.15) is 50.7 Å². The Hall–Kier alpha value is -0.900. The number of rotatable bonds is 4. The fourth-order valence-electron chi connectivity index (χ4n) is 2.42. The van der Waals surface area contributed by atoms with Crippen molar-refractivity contribution in [1.29, 1.82) is 0 Å². The molecule has 1 aromatic heterocycles. The van der Waals surface area contributed by atoms with Gasteiger partial charge in [-0.15, -0.1) is 0 Å². The van der Waals surface area contributed by atoms with Gasteiger partial charge in [-0.25, -0.2) is 0 Å². The van der Waals surface area contributed by atoms with Gasteiger partial charge in [0.2, 0.25) is 5.89 Å². The Kier molecular flexibility index (Phi) is 3.93. The molecule has 90 valence electrons. The first-order chi connectivity index (χ1) is 7.78. The van der Waals surface area contributed by atoms with Gasteiger partial charge >= 0.3 is 0 Å². The van der Waals surface area contributed by atoms with E-state index in [0.717, 1.165) is 5.92 Å². The van der Waals surface area contributed by atoms with Crippen LogP contribution in [0, 0.1) is 12.8 Å². The van der Waals surface area contributed by atoms with E-state index in [0.29, 0.717) is 24.3 Å². The van der Waals surface area contributed by atoms with E-state index in [4.69, 9.17) is 4.52 Å². The zero-order chi connectivity index (χ0) is 11.4. The highest BCUT2D eigenvalue weighted by molar-refractivity contribution is 4.84. The molecule has 1 aromatic rings. The molecule has 0 bridgehead atoms. The summed E-state index contributed by atoms with van der Waals surface area (Å²) in [6.07, 6.45) is 6.61. The molecular formula is C12H21N3O. The molecular weight excluding hydrogens is 202 g/mol. The molecule has 0 amide bonds. The van der Waals surface area contributed by atoms with E-state index in [1.807, 2.05) is 6.92 Å². The molecule has 0 radical (unpaired) electrons. The van der Waals surface area contributed by atoms with Crippen LogP contribution in [0.15, 0.2) is 4.52 Å². The summed E-state index contributed by atoms with van der Waals surface area (Å²) in [7, 11) is 0. The molecule has 1 aliphatic rings. The summed E-state index contributed by atoms with van der Waals surface area (Å²) in [6.45, 7) is 4.85. The highest BCUT2D eigenvalue weighted by atomic mass is 16.5. The molecule has 1 heterocycles. The lowest BCUT2D eigenvalue weighted by molar-refractivity contribution is 0.273. The standard InChI is InChI=1S/C12H21N3O/c1-3-10-4-6-11(7-5-10)13-8-12-14-9(2)15-16-12/h10-11,13H,3-8H2,1-2H3. The van der Waals surface area contributed by atoms with Gasteiger partial charge < -0.3 is 9.84 Å². The Balaban J connectivity index is 1.71. The second kappa shape index (κ2) is 5.43. The third-order valence-electron chi connectivity index (χ3n) is 3.54. The molecule has 0 unspecified atom stereocenters. The van der Waals surface area contributed by atoms with Crippen LogP contribution in [0.25, 0.3) is 0 Å². The lowest BCUT2D eigenvalue weighted by Gasteiger charge is -2.28. The fraction of sp³-hybridized carbons (Fsp3) is 0.833. The van der Waals surface area contributed by atoms with Gasteiger partial charge in [0, 0.05) is 6.04 Å². The van der Waals surface area contributed by atoms with Gasteiger partial charge in [-0.3, -0.25) is 0 Å². The van der Waals surface area contributed by atoms with E-state index in [1.54, 1.807) is 0 Å². The predicted octanol–water partition coefficient (Wildman–Crippen LogP) is 2.44. The minimum Gasteiger partial charge on any atom is -0.338 e. The first kappa shape index (κ1) is 11.6. The summed E-state index contributed by atoms with van der Waals surface area (Å²) in [5.74, 6) is 2.37. The van der Waals surface area contributed by atoms with Gasteiger partial charge in [-0.1, -0.05) is 18.5 Å². The van der Waals surface area contributed by atoms with Crippen LogP contribution in [0.5, 0.6) is 0 Å². The van der Waals surface area contributed by atoms with Gasteiger partial charge in [0.15, 0.2) is 5.82 Å². The minimum absolute atomic E-state index is 0.634. The SMILES string of the molecule is CCC1CCC(NCc2nc(C)no2)CC1. The van der Waals surface area contributed by atoms with Crippen molar-refractivity contribution < 1.29 is 4.52 Å². The smallest absolute Gasteiger partial charge is 0.240 e. The Labute approximate surface area is 96.8 Å². The van der Waals surface area contributed by atoms with Gasteiger partial charge in [0.25, 0.3) is 0 Å². The summed E-state index contributed by atoms with van der Waals surface area (Å²) in [4.78, 5) is 4.19. The average Bonchev–Trinajstić information content (AvgIpc) is 2.73. The first-order valence-electron chi connectivity index (χ1n) is 6.30. The van der Waals surface area contributed by atoms with Crippen LogP contribution in [-0.2, 0) is 6.54 Å². The average molecular weight is 223 g/mol. The van der Waals surface area contributed by atoms with Crippen molar-refractivity contribution in [1.82, 2.24) is 15.5 Å². The fourth-order valence-corrected chi connectivity index (χ4v) is 2.42. The zero-order valence-electron chi connectivity index (χ0n) is 10.2. The number of aryl methyl sites for hydroxylation is 1. The molecule has 16 heavy (non-hydrogen) atoms. The summed E-state index contributed by atoms with van der Waals surface area (Å²) >= 11 is 0. The van der Waals surface area contributed by atoms with E-state index in [1.165, 1.54) is 32.1 Å². The maximum absolute atomic E-state index is 5.07. The summed E-state index contributed by atoms with van der Waals surface area (Å²) in [5.41, 5.74) is 0. The molecule has 1 saturated carbocycles. The van der Waals surface area contributed by atoms with Gasteiger partial charge in [0.05, 0.1) is 6.54 Å². The van der Waals surface area contributed by atoms with E-state index >= 15 is 0 Å². The third-order valence-corrected chi connectivity index (χ3v) is 3.54. The summed E-state index contributed by atoms with van der Waals surface area (Å²) < 4.78 is 5.07. The maximum Gasteiger partial charge on any atom is 0.240 e. The van der Waals surface area contributed by atoms with Crippen molar-refractivity contribution in [3.63, 3.8) is 0 Å². The predicted molar refractivity (Wildman–Crippen MR) is 61.9 cm³/mol. The topological polar surface area (TPSA) is 51.0 Å². The van der Waals surface area contributed by atoms with Crippen molar-refractivity contribution in [2.24, 2.45) is 5.92 Å². The molecule has 1 N–H and O–H groups in total. The minimum atomic E-state index is 0.634. The molecule has 0 aromatic carbocycles. The van der Waals surface area contributed by atoms with E-state index < -0.39 is 0 Å². The molecule has 1 aliphatic carbocycles. The molecule has 0 spiro atoms. The Morgan fingerprint density at radius 3 is 2.62 bits per heavy atom. The maximum atomic E-state index is 5.07. The Bertz CT molecular complexity index is 316. The second-order valence-electron chi connectivity index (χ2n) is 4.74. The molecule has 0 atom stereocenters. The van der Waals surface area contributed by atoms with Gasteiger partial charge in [0.1, 0.15) is 0 Å². The van der Waals surface area contributed by atoms with Crippen LogP contribution in [-0.4, -0.2) is 16.2 Å². The van der Waals surface area contributed by atoms with Crippen molar-refractivity contribution in [2.75, 3.05) is 0 Å². The number of hydrogen-bond donors (Lipinski definition) is 1. The van der Waals surface area contributed by atoms with Gasteiger partial charge in [-0.05, 0) is 38.5 Å². The van der Waals surface area contributed by atoms with Crippen LogP contribution in [0.3, 0.4) is 0 Å². The lowest BCUT2D eigenvalue weighted by atomic mass is 9.84. The number of nitrogens with zero attached hydrogens (tertiary/aromatic N) is 2. The largest absolute Gasteiger partial charge is 0.338 e. The normalized spacial score (nSPS) is 25.9. The monoisotopic (exact) mass is 223 g/mol. The highest BCUT2D eigenvalue weighted by Crippen LogP contribution is 2.26. The zero-order valence-corrected chi connectivity index (χ0v) is 10.2. The van der Waals surface area contributed by atoms with Crippen molar-refractivity contribution in [3.8, 4) is 0 Å². The number of nitrogens with one attached hydrogen (secondary N) is 1. The molecule has 4 heteroatoms.